The summed E-state index contributed by atoms with van der Waals surface area (Å²) in [6, 6.07) is 11.1. The second kappa shape index (κ2) is 21.9. The molecule has 0 amide bonds. The molecule has 3 aromatic carbocycles. The van der Waals surface area contributed by atoms with Crippen molar-refractivity contribution in [2.45, 2.75) is 72.9 Å². The maximum atomic E-state index is 11.4. The largest absolute Gasteiger partial charge is 0.507 e. The van der Waals surface area contributed by atoms with E-state index in [0.717, 1.165) is 29.5 Å². The number of aromatic hydroxyl groups is 3. The smallest absolute Gasteiger partial charge is 0.339 e. The van der Waals surface area contributed by atoms with Crippen LogP contribution in [0.25, 0.3) is 0 Å². The monoisotopic (exact) mass is 886 g/mol. The number of hydrogen-bond donors (Lipinski definition) is 12. The quantitative estimate of drug-likeness (QED) is 0.0818. The Kier molecular flexibility index (Phi) is 18.1. The van der Waals surface area contributed by atoms with Crippen LogP contribution in [0.2, 0.25) is 0 Å². The van der Waals surface area contributed by atoms with Crippen molar-refractivity contribution in [2.24, 2.45) is 0 Å². The van der Waals surface area contributed by atoms with Crippen molar-refractivity contribution in [3.63, 3.8) is 0 Å². The van der Waals surface area contributed by atoms with Gasteiger partial charge in [-0.25, -0.2) is 0 Å². The molecule has 1 heterocycles. The molecule has 0 spiro atoms. The van der Waals surface area contributed by atoms with Crippen LogP contribution in [0.4, 0.5) is 0 Å². The maximum absolute atomic E-state index is 11.4. The molecule has 0 unspecified atom stereocenters. The SMILES string of the molecule is Cc1cc(CNCP(=O)(O)O)c(O)c(CN2CCCN(Cc3cc(C)cc(CNCP(=O)(O)O)c3O)CCN(Cc3cc(C)cc(CNCP(=O)(O)O)c3O)CCC2)c1. The summed E-state index contributed by atoms with van der Waals surface area (Å²) in [5.41, 5.74) is 6.27. The zero-order valence-electron chi connectivity index (χ0n) is 33.9. The van der Waals surface area contributed by atoms with Gasteiger partial charge in [-0.1, -0.05) is 53.1 Å². The first-order chi connectivity index (χ1) is 27.5. The fourth-order valence-corrected chi connectivity index (χ4v) is 8.64. The van der Waals surface area contributed by atoms with Crippen LogP contribution in [0.1, 0.15) is 62.9 Å². The van der Waals surface area contributed by atoms with Crippen LogP contribution in [-0.2, 0) is 53.0 Å². The van der Waals surface area contributed by atoms with E-state index in [4.69, 9.17) is 0 Å². The number of aryl methyl sites for hydroxylation is 3. The fraction of sp³-hybridized carbons (Fsp3) is 0.526. The Morgan fingerprint density at radius 3 is 0.932 bits per heavy atom. The van der Waals surface area contributed by atoms with Gasteiger partial charge in [0.05, 0.1) is 18.9 Å². The average Bonchev–Trinajstić information content (AvgIpc) is 3.14. The van der Waals surface area contributed by atoms with Gasteiger partial charge in [0, 0.05) is 85.7 Å². The molecule has 21 heteroatoms. The van der Waals surface area contributed by atoms with E-state index < -0.39 is 41.6 Å². The third-order valence-corrected chi connectivity index (χ3v) is 11.9. The molecule has 0 radical (unpaired) electrons. The lowest BCUT2D eigenvalue weighted by Crippen LogP contribution is -2.36. The van der Waals surface area contributed by atoms with Gasteiger partial charge in [0.15, 0.2) is 0 Å². The first-order valence-electron chi connectivity index (χ1n) is 19.4. The zero-order valence-corrected chi connectivity index (χ0v) is 36.6. The van der Waals surface area contributed by atoms with E-state index in [2.05, 4.69) is 30.7 Å². The minimum absolute atomic E-state index is 0.0483. The molecule has 0 aromatic heterocycles. The van der Waals surface area contributed by atoms with Crippen LogP contribution in [0, 0.1) is 20.8 Å². The van der Waals surface area contributed by atoms with Gasteiger partial charge in [-0.15, -0.1) is 0 Å². The molecule has 0 bridgehead atoms. The molecule has 0 saturated carbocycles. The highest BCUT2D eigenvalue weighted by Gasteiger charge is 2.22. The molecule has 0 aliphatic carbocycles. The summed E-state index contributed by atoms with van der Waals surface area (Å²) in [5.74, 6) is 0.160. The number of hydrogen-bond acceptors (Lipinski definition) is 12. The molecule has 3 aromatic rings. The Balaban J connectivity index is 1.59. The third kappa shape index (κ3) is 17.3. The van der Waals surface area contributed by atoms with E-state index >= 15 is 0 Å². The number of phenols is 3. The standard InChI is InChI=1S/C38H61N6O12P3/c1-27-12-30(18-39-24-57(48,49)50)36(45)33(15-27)21-42-6-4-8-43(22-34-16-28(2)13-31(37(34)46)19-40-25-58(51,52)53)10-11-44(9-5-7-42)23-35-17-29(3)14-32(38(35)47)20-41-26-59(54,55)56/h12-17,39-41,45-47H,4-11,18-26H2,1-3H3,(H2,48,49,50)(H2,51,52,53)(H2,54,55,56). The highest BCUT2D eigenvalue weighted by atomic mass is 31.2. The number of phenolic OH excluding ortho intramolecular Hbond substituents is 3. The van der Waals surface area contributed by atoms with Gasteiger partial charge in [-0.05, 0) is 59.8 Å². The van der Waals surface area contributed by atoms with E-state index in [1.807, 2.05) is 39.0 Å². The predicted molar refractivity (Wildman–Crippen MR) is 225 cm³/mol. The van der Waals surface area contributed by atoms with Crippen molar-refractivity contribution in [3.05, 3.63) is 86.5 Å². The Bertz CT molecular complexity index is 1920. The summed E-state index contributed by atoms with van der Waals surface area (Å²) in [6.07, 6.45) is -0.0676. The Labute approximate surface area is 345 Å². The Morgan fingerprint density at radius 2 is 0.678 bits per heavy atom. The van der Waals surface area contributed by atoms with Gasteiger partial charge in [0.1, 0.15) is 17.2 Å². The minimum Gasteiger partial charge on any atom is -0.507 e. The van der Waals surface area contributed by atoms with Gasteiger partial charge >= 0.3 is 22.8 Å². The molecular weight excluding hydrogens is 825 g/mol. The van der Waals surface area contributed by atoms with E-state index in [1.165, 1.54) is 0 Å². The second-order valence-corrected chi connectivity index (χ2v) is 20.5. The van der Waals surface area contributed by atoms with Crippen LogP contribution in [0.3, 0.4) is 0 Å². The Hall–Kier alpha value is -2.73. The van der Waals surface area contributed by atoms with Crippen molar-refractivity contribution in [1.82, 2.24) is 30.7 Å². The van der Waals surface area contributed by atoms with E-state index in [9.17, 15) is 58.4 Å². The molecule has 12 N–H and O–H groups in total. The number of nitrogens with one attached hydrogen (secondary N) is 3. The van der Waals surface area contributed by atoms with Crippen molar-refractivity contribution >= 4 is 22.8 Å². The highest BCUT2D eigenvalue weighted by Crippen LogP contribution is 2.35. The van der Waals surface area contributed by atoms with Crippen LogP contribution >= 0.6 is 22.8 Å². The number of nitrogens with zero attached hydrogens (tertiary/aromatic N) is 3. The van der Waals surface area contributed by atoms with Crippen LogP contribution in [-0.4, -0.2) is 118 Å². The normalized spacial score (nSPS) is 16.0. The molecule has 4 rings (SSSR count). The molecule has 0 atom stereocenters. The summed E-state index contributed by atoms with van der Waals surface area (Å²) in [7, 11) is -12.9. The summed E-state index contributed by atoms with van der Waals surface area (Å²) in [6.45, 7) is 11.0. The van der Waals surface area contributed by atoms with Crippen LogP contribution in [0.15, 0.2) is 36.4 Å². The topological polar surface area (TPSA) is 279 Å². The summed E-state index contributed by atoms with van der Waals surface area (Å²) >= 11 is 0. The zero-order chi connectivity index (χ0) is 43.5. The van der Waals surface area contributed by atoms with Crippen LogP contribution < -0.4 is 16.0 Å². The van der Waals surface area contributed by atoms with Gasteiger partial charge in [0.2, 0.25) is 0 Å². The molecule has 1 aliphatic heterocycles. The van der Waals surface area contributed by atoms with Crippen molar-refractivity contribution in [1.29, 1.82) is 0 Å². The van der Waals surface area contributed by atoms with E-state index in [-0.39, 0.29) is 36.9 Å². The maximum Gasteiger partial charge on any atom is 0.339 e. The average molecular weight is 887 g/mol. The summed E-state index contributed by atoms with van der Waals surface area (Å²) in [4.78, 5) is 62.5. The fourth-order valence-electron chi connectivity index (χ4n) is 7.43. The van der Waals surface area contributed by atoms with Crippen molar-refractivity contribution in [2.75, 3.05) is 58.1 Å². The van der Waals surface area contributed by atoms with Crippen molar-refractivity contribution in [3.8, 4) is 17.2 Å². The second-order valence-electron chi connectivity index (χ2n) is 15.6. The van der Waals surface area contributed by atoms with Gasteiger partial charge in [0.25, 0.3) is 0 Å². The lowest BCUT2D eigenvalue weighted by molar-refractivity contribution is 0.192. The van der Waals surface area contributed by atoms with E-state index in [1.54, 1.807) is 18.2 Å². The van der Waals surface area contributed by atoms with Gasteiger partial charge in [-0.2, -0.15) is 0 Å². The first-order valence-corrected chi connectivity index (χ1v) is 24.8. The third-order valence-electron chi connectivity index (χ3n) is 9.95. The van der Waals surface area contributed by atoms with Gasteiger partial charge in [-0.3, -0.25) is 28.4 Å². The number of benzene rings is 3. The Morgan fingerprint density at radius 1 is 0.441 bits per heavy atom. The lowest BCUT2D eigenvalue weighted by Gasteiger charge is -2.28. The molecule has 330 valence electrons. The molecule has 18 nitrogen and oxygen atoms in total. The molecule has 59 heavy (non-hydrogen) atoms. The molecule has 1 fully saturated rings. The molecular formula is C38H61N6O12P3. The minimum atomic E-state index is -4.29. The lowest BCUT2D eigenvalue weighted by atomic mass is 10.0. The molecule has 1 aliphatic rings. The van der Waals surface area contributed by atoms with Crippen LogP contribution in [0.5, 0.6) is 17.2 Å². The van der Waals surface area contributed by atoms with Gasteiger partial charge < -0.3 is 60.6 Å². The predicted octanol–water partition coefficient (Wildman–Crippen LogP) is 3.00. The first kappa shape index (κ1) is 48.9. The van der Waals surface area contributed by atoms with E-state index in [0.29, 0.717) is 92.3 Å². The highest BCUT2D eigenvalue weighted by molar-refractivity contribution is 7.52. The summed E-state index contributed by atoms with van der Waals surface area (Å²) < 4.78 is 34.2. The van der Waals surface area contributed by atoms with Crippen molar-refractivity contribution < 1.29 is 58.4 Å². The molecule has 1 saturated heterocycles. The summed E-state index contributed by atoms with van der Waals surface area (Å²) in [5, 5.41) is 42.1. The number of rotatable bonds is 18.